The van der Waals surface area contributed by atoms with Gasteiger partial charge in [-0.3, -0.25) is 4.68 Å². The predicted octanol–water partition coefficient (Wildman–Crippen LogP) is 1.05. The molecule has 1 rings (SSSR count). The Morgan fingerprint density at radius 1 is 1.71 bits per heavy atom. The topological polar surface area (TPSA) is 53.1 Å². The Morgan fingerprint density at radius 2 is 2.36 bits per heavy atom. The van der Waals surface area contributed by atoms with Gasteiger partial charge in [-0.15, -0.1) is 0 Å². The van der Waals surface area contributed by atoms with Gasteiger partial charge >= 0.3 is 0 Å². The van der Waals surface area contributed by atoms with E-state index >= 15 is 0 Å². The van der Waals surface area contributed by atoms with Crippen molar-refractivity contribution in [2.45, 2.75) is 26.1 Å². The number of nitrogens with two attached hydrogens (primary N) is 1. The highest BCUT2D eigenvalue weighted by Gasteiger charge is 2.32. The molecule has 0 spiro atoms. The standard InChI is InChI=1S/C9H16FN3O/c1-4-13-8(9(2,10)6-11)7(14-3)5-12-13/h5H,4,6,11H2,1-3H3. The van der Waals surface area contributed by atoms with Crippen molar-refractivity contribution in [2.24, 2.45) is 5.73 Å². The number of halogens is 1. The van der Waals surface area contributed by atoms with Crippen LogP contribution >= 0.6 is 0 Å². The van der Waals surface area contributed by atoms with Crippen molar-refractivity contribution < 1.29 is 9.13 Å². The summed E-state index contributed by atoms with van der Waals surface area (Å²) in [7, 11) is 1.49. The average molecular weight is 201 g/mol. The first-order valence-corrected chi connectivity index (χ1v) is 4.56. The van der Waals surface area contributed by atoms with Crippen LogP contribution in [0.2, 0.25) is 0 Å². The number of aryl methyl sites for hydroxylation is 1. The molecule has 0 radical (unpaired) electrons. The molecule has 2 N–H and O–H groups in total. The Balaban J connectivity index is 3.21. The highest BCUT2D eigenvalue weighted by molar-refractivity contribution is 5.30. The minimum atomic E-state index is -1.60. The maximum Gasteiger partial charge on any atom is 0.165 e. The highest BCUT2D eigenvalue weighted by atomic mass is 19.1. The molecule has 0 bridgehead atoms. The van der Waals surface area contributed by atoms with Crippen LogP contribution in [0.4, 0.5) is 4.39 Å². The maximum absolute atomic E-state index is 14.0. The Morgan fingerprint density at radius 3 is 2.79 bits per heavy atom. The van der Waals surface area contributed by atoms with Crippen LogP contribution in [-0.2, 0) is 12.2 Å². The van der Waals surface area contributed by atoms with Crippen LogP contribution in [0.5, 0.6) is 5.75 Å². The molecule has 0 aromatic carbocycles. The van der Waals surface area contributed by atoms with E-state index in [0.29, 0.717) is 18.0 Å². The van der Waals surface area contributed by atoms with Crippen molar-refractivity contribution in [3.8, 4) is 5.75 Å². The molecule has 5 heteroatoms. The van der Waals surface area contributed by atoms with Crippen LogP contribution in [-0.4, -0.2) is 23.4 Å². The van der Waals surface area contributed by atoms with E-state index in [1.807, 2.05) is 6.92 Å². The summed E-state index contributed by atoms with van der Waals surface area (Å²) in [5, 5.41) is 4.02. The smallest absolute Gasteiger partial charge is 0.165 e. The third-order valence-corrected chi connectivity index (χ3v) is 2.20. The molecule has 1 aromatic rings. The van der Waals surface area contributed by atoms with E-state index in [2.05, 4.69) is 5.10 Å². The lowest BCUT2D eigenvalue weighted by Gasteiger charge is -2.20. The summed E-state index contributed by atoms with van der Waals surface area (Å²) in [5.41, 5.74) is 4.18. The number of rotatable bonds is 4. The molecular weight excluding hydrogens is 185 g/mol. The Kier molecular flexibility index (Phi) is 3.10. The summed E-state index contributed by atoms with van der Waals surface area (Å²) < 4.78 is 20.6. The van der Waals surface area contributed by atoms with Crippen LogP contribution in [0.1, 0.15) is 19.5 Å². The zero-order chi connectivity index (χ0) is 10.8. The number of aromatic nitrogens is 2. The number of ether oxygens (including phenoxy) is 1. The van der Waals surface area contributed by atoms with Crippen LogP contribution in [0.15, 0.2) is 6.20 Å². The van der Waals surface area contributed by atoms with Gasteiger partial charge in [0.2, 0.25) is 0 Å². The molecule has 80 valence electrons. The third-order valence-electron chi connectivity index (χ3n) is 2.20. The molecule has 0 saturated heterocycles. The number of alkyl halides is 1. The first-order chi connectivity index (χ1) is 6.56. The van der Waals surface area contributed by atoms with Crippen molar-refractivity contribution in [3.05, 3.63) is 11.9 Å². The summed E-state index contributed by atoms with van der Waals surface area (Å²) in [6, 6.07) is 0. The van der Waals surface area contributed by atoms with Crippen molar-refractivity contribution in [2.75, 3.05) is 13.7 Å². The molecule has 14 heavy (non-hydrogen) atoms. The normalized spacial score (nSPS) is 15.2. The Labute approximate surface area is 82.8 Å². The fourth-order valence-corrected chi connectivity index (χ4v) is 1.38. The molecule has 4 nitrogen and oxygen atoms in total. The summed E-state index contributed by atoms with van der Waals surface area (Å²) in [6.07, 6.45) is 1.51. The lowest BCUT2D eigenvalue weighted by atomic mass is 10.0. The number of hydrogen-bond donors (Lipinski definition) is 1. The average Bonchev–Trinajstić information content (AvgIpc) is 2.61. The lowest BCUT2D eigenvalue weighted by Crippen LogP contribution is -2.30. The highest BCUT2D eigenvalue weighted by Crippen LogP contribution is 2.32. The van der Waals surface area contributed by atoms with Gasteiger partial charge in [0.1, 0.15) is 5.69 Å². The van der Waals surface area contributed by atoms with E-state index in [0.717, 1.165) is 0 Å². The van der Waals surface area contributed by atoms with Crippen molar-refractivity contribution in [1.82, 2.24) is 9.78 Å². The van der Waals surface area contributed by atoms with Gasteiger partial charge in [0, 0.05) is 13.1 Å². The molecule has 1 atom stereocenters. The van der Waals surface area contributed by atoms with E-state index < -0.39 is 5.67 Å². The predicted molar refractivity (Wildman–Crippen MR) is 52.0 cm³/mol. The van der Waals surface area contributed by atoms with Gasteiger partial charge in [-0.05, 0) is 13.8 Å². The first kappa shape index (κ1) is 11.0. The summed E-state index contributed by atoms with van der Waals surface area (Å²) in [6.45, 7) is 3.83. The molecule has 1 heterocycles. The quantitative estimate of drug-likeness (QED) is 0.792. The molecular formula is C9H16FN3O. The van der Waals surface area contributed by atoms with E-state index in [1.54, 1.807) is 4.68 Å². The lowest BCUT2D eigenvalue weighted by molar-refractivity contribution is 0.180. The zero-order valence-electron chi connectivity index (χ0n) is 8.75. The van der Waals surface area contributed by atoms with Crippen molar-refractivity contribution in [1.29, 1.82) is 0 Å². The number of nitrogens with zero attached hydrogens (tertiary/aromatic N) is 2. The molecule has 0 aliphatic carbocycles. The van der Waals surface area contributed by atoms with E-state index in [9.17, 15) is 4.39 Å². The molecule has 0 aliphatic rings. The largest absolute Gasteiger partial charge is 0.493 e. The second-order valence-electron chi connectivity index (χ2n) is 3.28. The first-order valence-electron chi connectivity index (χ1n) is 4.56. The minimum absolute atomic E-state index is 0.0882. The molecule has 1 aromatic heterocycles. The van der Waals surface area contributed by atoms with Gasteiger partial charge in [0.05, 0.1) is 13.3 Å². The molecule has 0 saturated carbocycles. The van der Waals surface area contributed by atoms with Gasteiger partial charge in [-0.2, -0.15) is 5.10 Å². The van der Waals surface area contributed by atoms with Crippen LogP contribution < -0.4 is 10.5 Å². The van der Waals surface area contributed by atoms with Gasteiger partial charge in [0.25, 0.3) is 0 Å². The van der Waals surface area contributed by atoms with Gasteiger partial charge in [-0.1, -0.05) is 0 Å². The monoisotopic (exact) mass is 201 g/mol. The molecule has 0 aliphatic heterocycles. The molecule has 0 amide bonds. The fraction of sp³-hybridized carbons (Fsp3) is 0.667. The van der Waals surface area contributed by atoms with Crippen molar-refractivity contribution >= 4 is 0 Å². The van der Waals surface area contributed by atoms with E-state index in [4.69, 9.17) is 10.5 Å². The summed E-state index contributed by atoms with van der Waals surface area (Å²) in [4.78, 5) is 0. The number of methoxy groups -OCH3 is 1. The zero-order valence-corrected chi connectivity index (χ0v) is 8.75. The Bertz CT molecular complexity index is 288. The van der Waals surface area contributed by atoms with Crippen LogP contribution in [0.25, 0.3) is 0 Å². The van der Waals surface area contributed by atoms with Gasteiger partial charge in [-0.25, -0.2) is 4.39 Å². The van der Waals surface area contributed by atoms with Crippen LogP contribution in [0, 0.1) is 0 Å². The molecule has 0 fully saturated rings. The second-order valence-corrected chi connectivity index (χ2v) is 3.28. The maximum atomic E-state index is 14.0. The second kappa shape index (κ2) is 3.96. The van der Waals surface area contributed by atoms with Gasteiger partial charge < -0.3 is 10.5 Å². The number of hydrogen-bond acceptors (Lipinski definition) is 3. The third kappa shape index (κ3) is 1.72. The SMILES string of the molecule is CCn1ncc(OC)c1C(C)(F)CN. The van der Waals surface area contributed by atoms with Crippen molar-refractivity contribution in [3.63, 3.8) is 0 Å². The van der Waals surface area contributed by atoms with Gasteiger partial charge in [0.15, 0.2) is 11.4 Å². The molecule has 1 unspecified atom stereocenters. The Hall–Kier alpha value is -1.10. The van der Waals surface area contributed by atoms with E-state index in [1.165, 1.54) is 20.2 Å². The van der Waals surface area contributed by atoms with E-state index in [-0.39, 0.29) is 6.54 Å². The summed E-state index contributed by atoms with van der Waals surface area (Å²) in [5.74, 6) is 0.447. The summed E-state index contributed by atoms with van der Waals surface area (Å²) >= 11 is 0. The minimum Gasteiger partial charge on any atom is -0.493 e. The van der Waals surface area contributed by atoms with Crippen LogP contribution in [0.3, 0.4) is 0 Å². The fourth-order valence-electron chi connectivity index (χ4n) is 1.38.